The van der Waals surface area contributed by atoms with Crippen LogP contribution in [0.4, 0.5) is 0 Å². The van der Waals surface area contributed by atoms with Crippen molar-refractivity contribution >= 4 is 0 Å². The first-order valence-corrected chi connectivity index (χ1v) is 5.44. The highest BCUT2D eigenvalue weighted by Gasteiger charge is 2.07. The molecule has 0 amide bonds. The van der Waals surface area contributed by atoms with Gasteiger partial charge in [-0.2, -0.15) is 0 Å². The van der Waals surface area contributed by atoms with Crippen LogP contribution < -0.4 is 5.32 Å². The second-order valence-electron chi connectivity index (χ2n) is 3.94. The van der Waals surface area contributed by atoms with Crippen LogP contribution >= 0.6 is 0 Å². The Morgan fingerprint density at radius 2 is 2.06 bits per heavy atom. The van der Waals surface area contributed by atoms with Gasteiger partial charge in [0, 0.05) is 6.54 Å². The van der Waals surface area contributed by atoms with E-state index in [0.29, 0.717) is 6.54 Å². The zero-order valence-corrected chi connectivity index (χ0v) is 9.55. The van der Waals surface area contributed by atoms with Crippen molar-refractivity contribution in [1.82, 2.24) is 5.32 Å². The molecule has 0 spiro atoms. The molecule has 1 aromatic carbocycles. The summed E-state index contributed by atoms with van der Waals surface area (Å²) in [5, 5.41) is 21.8. The van der Waals surface area contributed by atoms with Gasteiger partial charge in [-0.15, -0.1) is 0 Å². The molecule has 0 fully saturated rings. The average molecular weight is 233 g/mol. The third-order valence-corrected chi connectivity index (χ3v) is 2.62. The molecule has 4 nitrogen and oxygen atoms in total. The van der Waals surface area contributed by atoms with E-state index in [0.717, 1.165) is 11.3 Å². The molecule has 3 N–H and O–H groups in total. The first-order chi connectivity index (χ1) is 8.16. The first kappa shape index (κ1) is 11.5. The molecule has 17 heavy (non-hydrogen) atoms. The number of nitrogens with one attached hydrogen (secondary N) is 1. The molecule has 4 heteroatoms. The van der Waals surface area contributed by atoms with Gasteiger partial charge in [-0.3, -0.25) is 0 Å². The van der Waals surface area contributed by atoms with Crippen LogP contribution in [0.5, 0.6) is 11.5 Å². The average Bonchev–Trinajstić information content (AvgIpc) is 2.84. The van der Waals surface area contributed by atoms with E-state index in [1.165, 1.54) is 12.1 Å². The molecular formula is C13H15NO3. The van der Waals surface area contributed by atoms with Gasteiger partial charge in [0.15, 0.2) is 11.5 Å². The summed E-state index contributed by atoms with van der Waals surface area (Å²) < 4.78 is 5.27. The van der Waals surface area contributed by atoms with E-state index in [4.69, 9.17) is 4.42 Å². The number of rotatable bonds is 4. The molecule has 0 aliphatic carbocycles. The van der Waals surface area contributed by atoms with E-state index in [2.05, 4.69) is 5.32 Å². The van der Waals surface area contributed by atoms with Gasteiger partial charge in [0.05, 0.1) is 12.3 Å². The van der Waals surface area contributed by atoms with Gasteiger partial charge in [-0.1, -0.05) is 6.07 Å². The standard InChI is InChI=1S/C13H15NO3/c1-9(13-3-2-6-17-13)14-8-10-4-5-11(15)12(16)7-10/h2-7,9,14-16H,8H2,1H3. The SMILES string of the molecule is CC(NCc1ccc(O)c(O)c1)c1ccco1. The Balaban J connectivity index is 1.96. The Labute approximate surface area is 99.5 Å². The van der Waals surface area contributed by atoms with E-state index in [1.807, 2.05) is 19.1 Å². The summed E-state index contributed by atoms with van der Waals surface area (Å²) in [7, 11) is 0. The van der Waals surface area contributed by atoms with Crippen molar-refractivity contribution in [2.75, 3.05) is 0 Å². The van der Waals surface area contributed by atoms with Crippen molar-refractivity contribution in [2.45, 2.75) is 19.5 Å². The van der Waals surface area contributed by atoms with Crippen LogP contribution in [0.2, 0.25) is 0 Å². The fraction of sp³-hybridized carbons (Fsp3) is 0.231. The number of aromatic hydroxyl groups is 2. The maximum Gasteiger partial charge on any atom is 0.157 e. The van der Waals surface area contributed by atoms with E-state index < -0.39 is 0 Å². The van der Waals surface area contributed by atoms with E-state index in [-0.39, 0.29) is 17.5 Å². The Hall–Kier alpha value is -1.94. The fourth-order valence-electron chi connectivity index (χ4n) is 1.59. The summed E-state index contributed by atoms with van der Waals surface area (Å²) in [6.45, 7) is 2.59. The Morgan fingerprint density at radius 3 is 2.71 bits per heavy atom. The molecule has 1 unspecified atom stereocenters. The minimum Gasteiger partial charge on any atom is -0.504 e. The van der Waals surface area contributed by atoms with Gasteiger partial charge in [0.1, 0.15) is 5.76 Å². The Kier molecular flexibility index (Phi) is 3.35. The van der Waals surface area contributed by atoms with Crippen molar-refractivity contribution in [3.05, 3.63) is 47.9 Å². The second kappa shape index (κ2) is 4.93. The molecule has 0 aliphatic heterocycles. The molecule has 1 atom stereocenters. The summed E-state index contributed by atoms with van der Waals surface area (Å²) in [5.74, 6) is 0.663. The Bertz CT molecular complexity index is 479. The monoisotopic (exact) mass is 233 g/mol. The van der Waals surface area contributed by atoms with E-state index in [1.54, 1.807) is 12.3 Å². The van der Waals surface area contributed by atoms with Crippen molar-refractivity contribution < 1.29 is 14.6 Å². The first-order valence-electron chi connectivity index (χ1n) is 5.44. The zero-order chi connectivity index (χ0) is 12.3. The highest BCUT2D eigenvalue weighted by Crippen LogP contribution is 2.25. The molecule has 90 valence electrons. The number of furan rings is 1. The Morgan fingerprint density at radius 1 is 1.24 bits per heavy atom. The van der Waals surface area contributed by atoms with E-state index in [9.17, 15) is 10.2 Å². The lowest BCUT2D eigenvalue weighted by molar-refractivity contribution is 0.401. The van der Waals surface area contributed by atoms with Crippen molar-refractivity contribution in [2.24, 2.45) is 0 Å². The lowest BCUT2D eigenvalue weighted by Crippen LogP contribution is -2.17. The molecule has 1 heterocycles. The van der Waals surface area contributed by atoms with Gasteiger partial charge in [0.2, 0.25) is 0 Å². The maximum atomic E-state index is 9.35. The normalized spacial score (nSPS) is 12.5. The molecule has 2 rings (SSSR count). The van der Waals surface area contributed by atoms with Gasteiger partial charge in [-0.05, 0) is 36.8 Å². The summed E-state index contributed by atoms with van der Waals surface area (Å²) >= 11 is 0. The lowest BCUT2D eigenvalue weighted by atomic mass is 10.2. The predicted molar refractivity (Wildman–Crippen MR) is 63.7 cm³/mol. The summed E-state index contributed by atoms with van der Waals surface area (Å²) in [4.78, 5) is 0. The second-order valence-corrected chi connectivity index (χ2v) is 3.94. The molecule has 1 aromatic heterocycles. The number of hydrogen-bond acceptors (Lipinski definition) is 4. The zero-order valence-electron chi connectivity index (χ0n) is 9.55. The number of hydrogen-bond donors (Lipinski definition) is 3. The van der Waals surface area contributed by atoms with Crippen LogP contribution in [-0.2, 0) is 6.54 Å². The van der Waals surface area contributed by atoms with Gasteiger partial charge in [0.25, 0.3) is 0 Å². The molecule has 0 saturated carbocycles. The van der Waals surface area contributed by atoms with Gasteiger partial charge < -0.3 is 19.9 Å². The largest absolute Gasteiger partial charge is 0.504 e. The van der Waals surface area contributed by atoms with E-state index >= 15 is 0 Å². The van der Waals surface area contributed by atoms with Crippen LogP contribution in [0.3, 0.4) is 0 Å². The van der Waals surface area contributed by atoms with Crippen LogP contribution in [0, 0.1) is 0 Å². The molecule has 0 saturated heterocycles. The third kappa shape index (κ3) is 2.79. The lowest BCUT2D eigenvalue weighted by Gasteiger charge is -2.11. The smallest absolute Gasteiger partial charge is 0.157 e. The number of benzene rings is 1. The molecule has 0 aliphatic rings. The molecular weight excluding hydrogens is 218 g/mol. The molecule has 0 bridgehead atoms. The topological polar surface area (TPSA) is 65.6 Å². The van der Waals surface area contributed by atoms with Crippen LogP contribution in [0.1, 0.15) is 24.3 Å². The van der Waals surface area contributed by atoms with Gasteiger partial charge >= 0.3 is 0 Å². The third-order valence-electron chi connectivity index (χ3n) is 2.62. The van der Waals surface area contributed by atoms with Crippen LogP contribution in [-0.4, -0.2) is 10.2 Å². The quantitative estimate of drug-likeness (QED) is 0.710. The van der Waals surface area contributed by atoms with Crippen molar-refractivity contribution in [1.29, 1.82) is 0 Å². The minimum absolute atomic E-state index is 0.0981. The summed E-state index contributed by atoms with van der Waals surface area (Å²) in [5.41, 5.74) is 0.902. The highest BCUT2D eigenvalue weighted by molar-refractivity contribution is 5.40. The number of phenols is 2. The summed E-state index contributed by atoms with van der Waals surface area (Å²) in [6, 6.07) is 8.63. The summed E-state index contributed by atoms with van der Waals surface area (Å²) in [6.07, 6.45) is 1.64. The fourth-order valence-corrected chi connectivity index (χ4v) is 1.59. The minimum atomic E-state index is -0.104. The predicted octanol–water partition coefficient (Wildman–Crippen LogP) is 2.54. The van der Waals surface area contributed by atoms with Crippen LogP contribution in [0.25, 0.3) is 0 Å². The number of phenolic OH excluding ortho intramolecular Hbond substituents is 2. The van der Waals surface area contributed by atoms with Crippen molar-refractivity contribution in [3.8, 4) is 11.5 Å². The molecule has 2 aromatic rings. The van der Waals surface area contributed by atoms with Gasteiger partial charge in [-0.25, -0.2) is 0 Å². The van der Waals surface area contributed by atoms with Crippen molar-refractivity contribution in [3.63, 3.8) is 0 Å². The van der Waals surface area contributed by atoms with Crippen LogP contribution in [0.15, 0.2) is 41.0 Å². The highest BCUT2D eigenvalue weighted by atomic mass is 16.3. The maximum absolute atomic E-state index is 9.35. The molecule has 0 radical (unpaired) electrons.